The van der Waals surface area contributed by atoms with Crippen LogP contribution in [0.1, 0.15) is 12.5 Å². The zero-order chi connectivity index (χ0) is 16.1. The van der Waals surface area contributed by atoms with Crippen molar-refractivity contribution in [2.24, 2.45) is 11.7 Å². The van der Waals surface area contributed by atoms with E-state index in [-0.39, 0.29) is 11.7 Å². The van der Waals surface area contributed by atoms with Crippen LogP contribution in [0.3, 0.4) is 0 Å². The highest BCUT2D eigenvalue weighted by atomic mass is 16.2. The molecule has 1 aliphatic rings. The van der Waals surface area contributed by atoms with E-state index in [2.05, 4.69) is 10.9 Å². The summed E-state index contributed by atoms with van der Waals surface area (Å²) in [5, 5.41) is 0. The second-order valence-corrected chi connectivity index (χ2v) is 5.57. The summed E-state index contributed by atoms with van der Waals surface area (Å²) < 4.78 is 0. The minimum Gasteiger partial charge on any atom is -0.326 e. The molecule has 1 aromatic carbocycles. The first-order valence-corrected chi connectivity index (χ1v) is 7.23. The summed E-state index contributed by atoms with van der Waals surface area (Å²) in [7, 11) is 1.93. The van der Waals surface area contributed by atoms with Gasteiger partial charge in [-0.05, 0) is 37.2 Å². The molecule has 1 aromatic rings. The third-order valence-electron chi connectivity index (χ3n) is 3.88. The van der Waals surface area contributed by atoms with Crippen molar-refractivity contribution in [1.29, 1.82) is 0 Å². The Morgan fingerprint density at radius 1 is 1.41 bits per heavy atom. The van der Waals surface area contributed by atoms with E-state index in [0.717, 1.165) is 22.5 Å². The number of hydrogen-bond donors (Lipinski definition) is 3. The maximum absolute atomic E-state index is 11.7. The number of carbonyl (C=O) groups is 2. The van der Waals surface area contributed by atoms with Crippen molar-refractivity contribution in [3.8, 4) is 0 Å². The van der Waals surface area contributed by atoms with Crippen molar-refractivity contribution in [2.45, 2.75) is 13.5 Å². The molecule has 1 heterocycles. The molecule has 1 atom stereocenters. The minimum atomic E-state index is -0.368. The van der Waals surface area contributed by atoms with Crippen LogP contribution in [0.15, 0.2) is 35.5 Å². The number of likely N-dealkylation sites (tertiary alicyclic amines) is 1. The predicted molar refractivity (Wildman–Crippen MR) is 85.8 cm³/mol. The number of aldehydes is 1. The van der Waals surface area contributed by atoms with E-state index in [0.29, 0.717) is 25.9 Å². The van der Waals surface area contributed by atoms with Gasteiger partial charge in [0.15, 0.2) is 6.29 Å². The van der Waals surface area contributed by atoms with E-state index in [4.69, 9.17) is 5.73 Å². The second kappa shape index (κ2) is 7.20. The molecule has 1 fully saturated rings. The number of Topliss-reactive ketones (excluding diaryl/α,β-unsaturated/α-hetero) is 1. The summed E-state index contributed by atoms with van der Waals surface area (Å²) in [4.78, 5) is 24.5. The van der Waals surface area contributed by atoms with Crippen molar-refractivity contribution in [3.05, 3.63) is 41.1 Å². The molecule has 4 N–H and O–H groups in total. The van der Waals surface area contributed by atoms with Crippen molar-refractivity contribution in [3.63, 3.8) is 0 Å². The first-order valence-electron chi connectivity index (χ1n) is 7.23. The second-order valence-electron chi connectivity index (χ2n) is 5.57. The van der Waals surface area contributed by atoms with Gasteiger partial charge in [-0.1, -0.05) is 12.1 Å². The Morgan fingerprint density at radius 2 is 2.09 bits per heavy atom. The number of carbonyl (C=O) groups excluding carboxylic acids is 2. The summed E-state index contributed by atoms with van der Waals surface area (Å²) in [6.45, 7) is 3.67. The average molecular weight is 302 g/mol. The van der Waals surface area contributed by atoms with Crippen LogP contribution in [-0.2, 0) is 16.1 Å². The number of nitrogens with two attached hydrogens (primary N) is 1. The van der Waals surface area contributed by atoms with Crippen molar-refractivity contribution in [2.75, 3.05) is 25.6 Å². The molecule has 118 valence electrons. The normalized spacial score (nSPS) is 20.6. The number of benzene rings is 1. The van der Waals surface area contributed by atoms with Crippen LogP contribution in [-0.4, -0.2) is 37.1 Å². The van der Waals surface area contributed by atoms with E-state index in [1.807, 2.05) is 43.1 Å². The Hall–Kier alpha value is -2.18. The van der Waals surface area contributed by atoms with E-state index in [9.17, 15) is 9.59 Å². The average Bonchev–Trinajstić information content (AvgIpc) is 2.94. The van der Waals surface area contributed by atoms with Gasteiger partial charge in [-0.3, -0.25) is 9.59 Å². The molecule has 0 saturated carbocycles. The molecule has 1 unspecified atom stereocenters. The zero-order valence-corrected chi connectivity index (χ0v) is 12.9. The maximum Gasteiger partial charge on any atom is 0.203 e. The van der Waals surface area contributed by atoms with Crippen LogP contribution in [0.25, 0.3) is 0 Å². The van der Waals surface area contributed by atoms with Gasteiger partial charge >= 0.3 is 0 Å². The molecule has 22 heavy (non-hydrogen) atoms. The van der Waals surface area contributed by atoms with Crippen LogP contribution in [0.2, 0.25) is 0 Å². The van der Waals surface area contributed by atoms with E-state index in [1.54, 1.807) is 0 Å². The summed E-state index contributed by atoms with van der Waals surface area (Å²) in [6.07, 6.45) is 0.413. The largest absolute Gasteiger partial charge is 0.326 e. The van der Waals surface area contributed by atoms with Crippen LogP contribution in [0.5, 0.6) is 0 Å². The highest BCUT2D eigenvalue weighted by Gasteiger charge is 2.32. The maximum atomic E-state index is 11.7. The molecule has 0 aromatic heterocycles. The molecule has 2 rings (SSSR count). The lowest BCUT2D eigenvalue weighted by Crippen LogP contribution is -2.25. The number of allylic oxidation sites excluding steroid dienone is 1. The Bertz CT molecular complexity index is 580. The fraction of sp³-hybridized carbons (Fsp3) is 0.375. The van der Waals surface area contributed by atoms with E-state index < -0.39 is 0 Å². The lowest BCUT2D eigenvalue weighted by atomic mass is 9.97. The van der Waals surface area contributed by atoms with Gasteiger partial charge in [-0.15, -0.1) is 0 Å². The first-order chi connectivity index (χ1) is 10.5. The van der Waals surface area contributed by atoms with Gasteiger partial charge in [-0.2, -0.15) is 0 Å². The molecule has 6 nitrogen and oxygen atoms in total. The molecule has 0 aliphatic carbocycles. The number of nitrogens with zero attached hydrogens (tertiary/aromatic N) is 1. The SMILES string of the molecule is CC(NNc1ccc(CN)cc1)=C1CN(C)CC1C(=O)C=O. The van der Waals surface area contributed by atoms with Crippen LogP contribution >= 0.6 is 0 Å². The Kier molecular flexibility index (Phi) is 5.30. The molecular formula is C16H22N4O2. The fourth-order valence-corrected chi connectivity index (χ4v) is 2.58. The van der Waals surface area contributed by atoms with Gasteiger partial charge in [-0.25, -0.2) is 0 Å². The molecule has 1 aliphatic heterocycles. The van der Waals surface area contributed by atoms with Crippen molar-refractivity contribution in [1.82, 2.24) is 10.3 Å². The fourth-order valence-electron chi connectivity index (χ4n) is 2.58. The van der Waals surface area contributed by atoms with Gasteiger partial charge < -0.3 is 21.5 Å². The topological polar surface area (TPSA) is 87.5 Å². The van der Waals surface area contributed by atoms with Gasteiger partial charge in [0.05, 0.1) is 11.6 Å². The number of hydrazine groups is 1. The highest BCUT2D eigenvalue weighted by molar-refractivity contribution is 6.27. The number of nitrogens with one attached hydrogen (secondary N) is 2. The summed E-state index contributed by atoms with van der Waals surface area (Å²) in [6, 6.07) is 7.77. The monoisotopic (exact) mass is 302 g/mol. The first kappa shape index (κ1) is 16.2. The van der Waals surface area contributed by atoms with Crippen LogP contribution in [0, 0.1) is 5.92 Å². The lowest BCUT2D eigenvalue weighted by molar-refractivity contribution is -0.131. The quantitative estimate of drug-likeness (QED) is 0.407. The molecular weight excluding hydrogens is 280 g/mol. The smallest absolute Gasteiger partial charge is 0.203 e. The van der Waals surface area contributed by atoms with E-state index in [1.165, 1.54) is 0 Å². The summed E-state index contributed by atoms with van der Waals surface area (Å²) in [5.74, 6) is -0.718. The Morgan fingerprint density at radius 3 is 2.68 bits per heavy atom. The molecule has 0 spiro atoms. The number of anilines is 1. The molecule has 6 heteroatoms. The molecule has 0 radical (unpaired) electrons. The summed E-state index contributed by atoms with van der Waals surface area (Å²) >= 11 is 0. The van der Waals surface area contributed by atoms with Crippen LogP contribution in [0.4, 0.5) is 5.69 Å². The predicted octanol–water partition coefficient (Wildman–Crippen LogP) is 0.665. The van der Waals surface area contributed by atoms with Gasteiger partial charge in [0, 0.05) is 25.3 Å². The molecule has 0 bridgehead atoms. The van der Waals surface area contributed by atoms with Crippen molar-refractivity contribution < 1.29 is 9.59 Å². The van der Waals surface area contributed by atoms with E-state index >= 15 is 0 Å². The molecule has 1 saturated heterocycles. The standard InChI is InChI=1S/C16H22N4O2/c1-11(14-8-20(2)9-15(14)16(22)10-21)18-19-13-5-3-12(7-17)4-6-13/h3-6,10,15,18-19H,7-9,17H2,1-2H3. The number of ketones is 1. The third kappa shape index (κ3) is 3.72. The Labute approximate surface area is 130 Å². The molecule has 0 amide bonds. The zero-order valence-electron chi connectivity index (χ0n) is 12.9. The number of hydrogen-bond acceptors (Lipinski definition) is 6. The van der Waals surface area contributed by atoms with Gasteiger partial charge in [0.1, 0.15) is 0 Å². The highest BCUT2D eigenvalue weighted by Crippen LogP contribution is 2.24. The van der Waals surface area contributed by atoms with Gasteiger partial charge in [0.2, 0.25) is 5.78 Å². The Balaban J connectivity index is 2.06. The lowest BCUT2D eigenvalue weighted by Gasteiger charge is -2.15. The minimum absolute atomic E-state index is 0.351. The van der Waals surface area contributed by atoms with Crippen molar-refractivity contribution >= 4 is 17.8 Å². The third-order valence-corrected chi connectivity index (χ3v) is 3.88. The van der Waals surface area contributed by atoms with Gasteiger partial charge in [0.25, 0.3) is 0 Å². The summed E-state index contributed by atoms with van der Waals surface area (Å²) in [5.41, 5.74) is 15.6. The van der Waals surface area contributed by atoms with Crippen LogP contribution < -0.4 is 16.6 Å². The number of likely N-dealkylation sites (N-methyl/N-ethyl adjacent to an activating group) is 1. The number of rotatable bonds is 6.